The molecular weight excluding hydrogens is 312 g/mol. The first-order valence-corrected chi connectivity index (χ1v) is 6.65. The minimum Gasteiger partial charge on any atom is -0.493 e. The molecule has 1 aromatic carbocycles. The first kappa shape index (κ1) is 12.2. The first-order valence-electron chi connectivity index (χ1n) is 5.86. The number of nitrogens with one attached hydrogen (secondary N) is 1. The summed E-state index contributed by atoms with van der Waals surface area (Å²) in [5.74, 6) is 0.0272. The van der Waals surface area contributed by atoms with Crippen molar-refractivity contribution in [2.45, 2.75) is 12.8 Å². The molecule has 1 aromatic heterocycles. The van der Waals surface area contributed by atoms with Gasteiger partial charge in [-0.1, -0.05) is 0 Å². The van der Waals surface area contributed by atoms with Gasteiger partial charge in [0.2, 0.25) is 0 Å². The van der Waals surface area contributed by atoms with Crippen molar-refractivity contribution in [2.24, 2.45) is 0 Å². The van der Waals surface area contributed by atoms with Gasteiger partial charge in [0, 0.05) is 12.0 Å². The van der Waals surface area contributed by atoms with Crippen LogP contribution in [-0.4, -0.2) is 27.9 Å². The van der Waals surface area contributed by atoms with E-state index in [1.807, 2.05) is 18.2 Å². The van der Waals surface area contributed by atoms with Crippen LogP contribution in [0.25, 0.3) is 11.3 Å². The lowest BCUT2D eigenvalue weighted by Crippen LogP contribution is -2.00. The number of nitrogens with zero attached hydrogens (tertiary/aromatic N) is 1. The number of hydrogen-bond donors (Lipinski definition) is 2. The normalized spacial score (nSPS) is 13.1. The Labute approximate surface area is 117 Å². The summed E-state index contributed by atoms with van der Waals surface area (Å²) in [6.07, 6.45) is 0.814. The van der Waals surface area contributed by atoms with Crippen LogP contribution in [0.3, 0.4) is 0 Å². The molecule has 0 amide bonds. The number of ether oxygens (including phenoxy) is 1. The molecule has 0 saturated carbocycles. The van der Waals surface area contributed by atoms with Gasteiger partial charge in [0.1, 0.15) is 11.4 Å². The Balaban J connectivity index is 1.98. The molecule has 0 fully saturated rings. The van der Waals surface area contributed by atoms with Crippen molar-refractivity contribution in [3.63, 3.8) is 0 Å². The third-order valence-corrected chi connectivity index (χ3v) is 3.92. The number of benzene rings is 1. The van der Waals surface area contributed by atoms with E-state index in [1.165, 1.54) is 0 Å². The number of carboxylic acid groups (broad SMARTS) is 1. The number of carbonyl (C=O) groups is 1. The molecule has 6 heteroatoms. The number of aromatic amines is 1. The Morgan fingerprint density at radius 1 is 1.53 bits per heavy atom. The average Bonchev–Trinajstić information content (AvgIpc) is 2.96. The number of fused-ring (bicyclic) bond motifs is 1. The van der Waals surface area contributed by atoms with E-state index < -0.39 is 5.97 Å². The second-order valence-corrected chi connectivity index (χ2v) is 5.15. The van der Waals surface area contributed by atoms with E-state index in [-0.39, 0.29) is 6.42 Å². The number of H-pyrrole nitrogens is 1. The van der Waals surface area contributed by atoms with Crippen LogP contribution in [0, 0.1) is 0 Å². The Hall–Kier alpha value is -1.82. The summed E-state index contributed by atoms with van der Waals surface area (Å²) in [6.45, 7) is 0.713. The van der Waals surface area contributed by atoms with E-state index in [4.69, 9.17) is 9.84 Å². The summed E-state index contributed by atoms with van der Waals surface area (Å²) in [7, 11) is 0. The van der Waals surface area contributed by atoms with E-state index >= 15 is 0 Å². The minimum absolute atomic E-state index is 0.0817. The van der Waals surface area contributed by atoms with Crippen LogP contribution in [0.5, 0.6) is 5.75 Å². The summed E-state index contributed by atoms with van der Waals surface area (Å²) in [6, 6.07) is 5.89. The van der Waals surface area contributed by atoms with E-state index in [9.17, 15) is 4.79 Å². The van der Waals surface area contributed by atoms with Crippen LogP contribution in [0.2, 0.25) is 0 Å². The van der Waals surface area contributed by atoms with Crippen molar-refractivity contribution in [3.8, 4) is 17.0 Å². The number of carboxylic acids is 1. The van der Waals surface area contributed by atoms with Gasteiger partial charge in [0.15, 0.2) is 0 Å². The lowest BCUT2D eigenvalue weighted by atomic mass is 10.1. The molecule has 1 aliphatic heterocycles. The molecule has 98 valence electrons. The van der Waals surface area contributed by atoms with Gasteiger partial charge in [-0.15, -0.1) is 0 Å². The van der Waals surface area contributed by atoms with Crippen LogP contribution >= 0.6 is 15.9 Å². The lowest BCUT2D eigenvalue weighted by molar-refractivity contribution is -0.136. The minimum atomic E-state index is -0.891. The standard InChI is InChI=1S/C13H11BrN2O3/c14-12-9(6-11(17)18)15-16-13(12)8-1-2-10-7(5-8)3-4-19-10/h1-2,5H,3-4,6H2,(H,15,16)(H,17,18). The molecule has 0 radical (unpaired) electrons. The van der Waals surface area contributed by atoms with Crippen molar-refractivity contribution in [1.29, 1.82) is 0 Å². The third-order valence-electron chi connectivity index (χ3n) is 3.07. The fraction of sp³-hybridized carbons (Fsp3) is 0.231. The second-order valence-electron chi connectivity index (χ2n) is 4.36. The molecule has 1 aliphatic rings. The zero-order chi connectivity index (χ0) is 13.4. The number of hydrogen-bond acceptors (Lipinski definition) is 3. The van der Waals surface area contributed by atoms with Gasteiger partial charge in [-0.05, 0) is 39.7 Å². The molecular formula is C13H11BrN2O3. The summed E-state index contributed by atoms with van der Waals surface area (Å²) >= 11 is 3.41. The fourth-order valence-corrected chi connectivity index (χ4v) is 2.70. The van der Waals surface area contributed by atoms with E-state index in [2.05, 4.69) is 26.1 Å². The molecule has 0 bridgehead atoms. The SMILES string of the molecule is O=C(O)Cc1[nH]nc(-c2ccc3c(c2)CCO3)c1Br. The van der Waals surface area contributed by atoms with Crippen molar-refractivity contribution in [3.05, 3.63) is 33.9 Å². The molecule has 5 nitrogen and oxygen atoms in total. The topological polar surface area (TPSA) is 75.2 Å². The number of aliphatic carboxylic acids is 1. The molecule has 0 spiro atoms. The third kappa shape index (κ3) is 2.23. The monoisotopic (exact) mass is 322 g/mol. The Morgan fingerprint density at radius 3 is 3.16 bits per heavy atom. The van der Waals surface area contributed by atoms with Crippen molar-refractivity contribution in [1.82, 2.24) is 10.2 Å². The van der Waals surface area contributed by atoms with Gasteiger partial charge in [-0.2, -0.15) is 5.10 Å². The molecule has 0 unspecified atom stereocenters. The predicted octanol–water partition coefficient (Wildman–Crippen LogP) is 2.40. The molecule has 2 aromatic rings. The smallest absolute Gasteiger partial charge is 0.309 e. The molecule has 2 heterocycles. The largest absolute Gasteiger partial charge is 0.493 e. The summed E-state index contributed by atoms with van der Waals surface area (Å²) in [5, 5.41) is 15.8. The van der Waals surface area contributed by atoms with Gasteiger partial charge < -0.3 is 9.84 Å². The van der Waals surface area contributed by atoms with E-state index in [1.54, 1.807) is 0 Å². The maximum absolute atomic E-state index is 10.7. The van der Waals surface area contributed by atoms with Gasteiger partial charge >= 0.3 is 5.97 Å². The Morgan fingerprint density at radius 2 is 2.37 bits per heavy atom. The molecule has 0 saturated heterocycles. The highest BCUT2D eigenvalue weighted by Crippen LogP contribution is 2.34. The fourth-order valence-electron chi connectivity index (χ4n) is 2.16. The molecule has 0 aliphatic carbocycles. The van der Waals surface area contributed by atoms with Crippen molar-refractivity contribution in [2.75, 3.05) is 6.61 Å². The number of rotatable bonds is 3. The van der Waals surface area contributed by atoms with E-state index in [0.29, 0.717) is 16.8 Å². The summed E-state index contributed by atoms with van der Waals surface area (Å²) in [5.41, 5.74) is 3.40. The van der Waals surface area contributed by atoms with Crippen LogP contribution in [-0.2, 0) is 17.6 Å². The Kier molecular flexibility index (Phi) is 3.02. The molecule has 19 heavy (non-hydrogen) atoms. The van der Waals surface area contributed by atoms with Crippen LogP contribution in [0.4, 0.5) is 0 Å². The second kappa shape index (κ2) is 4.70. The van der Waals surface area contributed by atoms with Crippen LogP contribution in [0.1, 0.15) is 11.3 Å². The van der Waals surface area contributed by atoms with E-state index in [0.717, 1.165) is 29.0 Å². The van der Waals surface area contributed by atoms with Crippen LogP contribution in [0.15, 0.2) is 22.7 Å². The number of aromatic nitrogens is 2. The highest BCUT2D eigenvalue weighted by Gasteiger charge is 2.18. The summed E-state index contributed by atoms with van der Waals surface area (Å²) in [4.78, 5) is 10.7. The highest BCUT2D eigenvalue weighted by atomic mass is 79.9. The zero-order valence-electron chi connectivity index (χ0n) is 9.94. The quantitative estimate of drug-likeness (QED) is 0.909. The van der Waals surface area contributed by atoms with Crippen molar-refractivity contribution >= 4 is 21.9 Å². The molecule has 0 atom stereocenters. The predicted molar refractivity (Wildman–Crippen MR) is 72.3 cm³/mol. The van der Waals surface area contributed by atoms with Crippen molar-refractivity contribution < 1.29 is 14.6 Å². The van der Waals surface area contributed by atoms with Gasteiger partial charge in [-0.25, -0.2) is 0 Å². The van der Waals surface area contributed by atoms with Gasteiger partial charge in [-0.3, -0.25) is 9.89 Å². The highest BCUT2D eigenvalue weighted by molar-refractivity contribution is 9.10. The lowest BCUT2D eigenvalue weighted by Gasteiger charge is -2.02. The molecule has 3 rings (SSSR count). The maximum Gasteiger partial charge on any atom is 0.309 e. The van der Waals surface area contributed by atoms with Gasteiger partial charge in [0.25, 0.3) is 0 Å². The first-order chi connectivity index (χ1) is 9.15. The van der Waals surface area contributed by atoms with Gasteiger partial charge in [0.05, 0.1) is 23.2 Å². The number of halogens is 1. The average molecular weight is 323 g/mol. The van der Waals surface area contributed by atoms with Crippen LogP contribution < -0.4 is 4.74 Å². The zero-order valence-corrected chi connectivity index (χ0v) is 11.5. The molecule has 2 N–H and O–H groups in total. The summed E-state index contributed by atoms with van der Waals surface area (Å²) < 4.78 is 6.16. The Bertz CT molecular complexity index is 651. The maximum atomic E-state index is 10.7.